The molecule has 1 fully saturated rings. The van der Waals surface area contributed by atoms with E-state index in [9.17, 15) is 38.4 Å². The van der Waals surface area contributed by atoms with Crippen LogP contribution in [0.5, 0.6) is 11.5 Å². The van der Waals surface area contributed by atoms with Crippen LogP contribution in [-0.2, 0) is 79.5 Å². The van der Waals surface area contributed by atoms with E-state index >= 15 is 0 Å². The predicted octanol–water partition coefficient (Wildman–Crippen LogP) is 11.7. The molecule has 1 unspecified atom stereocenters. The Labute approximate surface area is 839 Å². The molecule has 2 N–H and O–H groups in total. The summed E-state index contributed by atoms with van der Waals surface area (Å²) >= 11 is 5.88. The zero-order chi connectivity index (χ0) is 91.6. The van der Waals surface area contributed by atoms with Gasteiger partial charge >= 0.3 is 154 Å². The summed E-state index contributed by atoms with van der Waals surface area (Å²) < 4.78 is 68.7. The van der Waals surface area contributed by atoms with Crippen LogP contribution in [0.2, 0.25) is 0 Å². The Morgan fingerprint density at radius 1 is 0.559 bits per heavy atom. The number of nitrogens with one attached hydrogen (secondary N) is 2. The molecule has 1 saturated heterocycles. The van der Waals surface area contributed by atoms with Gasteiger partial charge in [0.1, 0.15) is 47.6 Å². The molecule has 10 aromatic rings. The third kappa shape index (κ3) is 37.1. The topological polar surface area (TPSA) is 391 Å². The van der Waals surface area contributed by atoms with Gasteiger partial charge in [0.15, 0.2) is 46.6 Å². The van der Waals surface area contributed by atoms with Crippen LogP contribution in [0.15, 0.2) is 196 Å². The number of ketones is 2. The standard InChI is InChI=1S/C42H46N4O8.C28H36BrN3O6.C20H22BNO4.CH4.3K.HO4P/c1-28-19-20-43-36(22-28)46(41(50)54-42(2,3)4)21-9-12-37(48)44-25-33(47)23-32(24-38(49)51-5)30-13-15-31(16-14-30)34-17-18-35(39-40(34)53-27-45-39)52-26-29-10-7-6-8-11-29;1-19-12-13-30-24(15-19)32(27(36)38-28(2,3)4)14-6-7-25(34)31-18-23(33)16-21(17-26(35)37-5)20-8-10-22(29)11-9-20;1-19(2)20(3,4)26-21(25-19)15-10-11-16(17-18(15)24-13-22-17)23-12-14-8-6-5-7-9-14;;;;;1-4-5(2)3/h6-8,10-11,13-20,22,27,32H,9,12,21,23-26H2,1-5H3,(H,44,48);8-13,15,21H,6-7,14,16-18H2,1-5H3,(H,31,34);5-11,13H,12H2,1-4H3;1H4;;;;1H/q;;;;;;+1;/p-1/t32-;21-;;;;;;/m00....../s1. The molecule has 4 aromatic heterocycles. The van der Waals surface area contributed by atoms with Crippen LogP contribution < -0.4 is 96.9 Å². The van der Waals surface area contributed by atoms with Gasteiger partial charge in [0.25, 0.3) is 0 Å². The molecule has 3 atom stereocenters. The van der Waals surface area contributed by atoms with Crippen molar-refractivity contribution >= 4 is 181 Å². The van der Waals surface area contributed by atoms with Crippen molar-refractivity contribution < 1.29 is 156 Å². The van der Waals surface area contributed by atoms with Gasteiger partial charge in [0, 0.05) is 78.5 Å². The molecular formula is C91H108BBrK3N8O22P. The average molecular weight is 1900 g/mol. The summed E-state index contributed by atoms with van der Waals surface area (Å²) in [6.07, 6.45) is 5.92. The molecule has 6 aromatic carbocycles. The van der Waals surface area contributed by atoms with Crippen LogP contribution in [0.4, 0.5) is 21.2 Å². The first-order chi connectivity index (χ1) is 59.4. The summed E-state index contributed by atoms with van der Waals surface area (Å²) in [5, 5.41) is 13.9. The number of anilines is 2. The van der Waals surface area contributed by atoms with Crippen molar-refractivity contribution in [2.45, 2.75) is 189 Å². The molecule has 0 aliphatic carbocycles. The van der Waals surface area contributed by atoms with E-state index < -0.39 is 67.8 Å². The molecule has 36 heteroatoms. The molecule has 4 amide bonds. The van der Waals surface area contributed by atoms with E-state index in [1.165, 1.54) is 100.0 Å². The predicted molar refractivity (Wildman–Crippen MR) is 479 cm³/mol. The van der Waals surface area contributed by atoms with Crippen molar-refractivity contribution in [3.63, 3.8) is 0 Å². The van der Waals surface area contributed by atoms with E-state index in [1.54, 1.807) is 66.1 Å². The van der Waals surface area contributed by atoms with Crippen molar-refractivity contribution in [1.29, 1.82) is 0 Å². The molecule has 0 spiro atoms. The van der Waals surface area contributed by atoms with E-state index in [1.807, 2.05) is 187 Å². The number of ether oxygens (including phenoxy) is 6. The van der Waals surface area contributed by atoms with E-state index in [0.29, 0.717) is 71.4 Å². The van der Waals surface area contributed by atoms with Crippen molar-refractivity contribution in [3.05, 3.63) is 221 Å². The number of hydrogen-bond acceptors (Lipinski definition) is 26. The first-order valence-corrected chi connectivity index (χ1v) is 58.6. The molecule has 0 saturated carbocycles. The van der Waals surface area contributed by atoms with Gasteiger partial charge in [-0.05, 0) is 194 Å². The Morgan fingerprint density at radius 2 is 0.953 bits per heavy atom. The number of aryl methyl sites for hydroxylation is 2. The number of benzene rings is 6. The summed E-state index contributed by atoms with van der Waals surface area (Å²) in [5.41, 5.74) is 8.37. The molecule has 1 aliphatic heterocycles. The number of amides is 4. The van der Waals surface area contributed by atoms with Crippen molar-refractivity contribution in [3.8, 4) is 22.6 Å². The number of pyridine rings is 2. The SMILES string of the molecule is C.CC1(C)OB(c2ccc(OCc3ccccc3)c3ncoc23)OC1(C)C.COC(=O)C[C@H](CC(=O)CNC(=O)CCCN(C(=O)OC(C)(C)C)c1cc(C)ccn1)c1ccc(-c2ccc(OCc3ccccc3)c3ncoc23)cc1.COC(=O)C[C@H](CC(=O)CNC(=O)CCCN(C(=O)OC(C)(C)C)c1cc(C)ccn1)c1ccc(Br)cc1.O=[P+]([O-])O[O-].[K+].[K][K]. The van der Waals surface area contributed by atoms with Crippen molar-refractivity contribution in [2.24, 2.45) is 0 Å². The maximum atomic E-state index is 13.1. The Bertz CT molecular complexity index is 5200. The minimum absolute atomic E-state index is 0. The molecule has 127 heavy (non-hydrogen) atoms. The van der Waals surface area contributed by atoms with Crippen molar-refractivity contribution in [1.82, 2.24) is 30.6 Å². The minimum atomic E-state index is -3.15. The first kappa shape index (κ1) is 111. The van der Waals surface area contributed by atoms with Crippen LogP contribution in [0.3, 0.4) is 0 Å². The zero-order valence-corrected chi connectivity index (χ0v) is 86.3. The fourth-order valence-electron chi connectivity index (χ4n) is 12.4. The number of esters is 2. The van der Waals surface area contributed by atoms with E-state index in [4.69, 9.17) is 61.3 Å². The summed E-state index contributed by atoms with van der Waals surface area (Å²) in [5.74, 6) is -0.626. The summed E-state index contributed by atoms with van der Waals surface area (Å²) in [6, 6.07) is 49.6. The zero-order valence-electron chi connectivity index (χ0n) is 74.4. The maximum absolute atomic E-state index is 13.1. The normalized spacial score (nSPS) is 12.8. The van der Waals surface area contributed by atoms with Gasteiger partial charge < -0.3 is 67.3 Å². The van der Waals surface area contributed by atoms with Gasteiger partial charge in [-0.2, -0.15) is 0 Å². The van der Waals surface area contributed by atoms with Crippen LogP contribution in [0.25, 0.3) is 33.3 Å². The Morgan fingerprint density at radius 3 is 1.35 bits per heavy atom. The summed E-state index contributed by atoms with van der Waals surface area (Å²) in [7, 11) is -1.04. The molecule has 1 aliphatic rings. The Hall–Kier alpha value is -6.73. The third-order valence-corrected chi connectivity index (χ3v) is 20.0. The van der Waals surface area contributed by atoms with Gasteiger partial charge in [0.2, 0.25) is 11.8 Å². The molecule has 30 nitrogen and oxygen atoms in total. The molecule has 662 valence electrons. The molecule has 11 rings (SSSR count). The van der Waals surface area contributed by atoms with Gasteiger partial charge in [-0.25, -0.2) is 34.2 Å². The number of nitrogens with zero attached hydrogens (tertiary/aromatic N) is 6. The number of rotatable bonds is 33. The molecule has 0 bridgehead atoms. The average Bonchev–Trinajstić information content (AvgIpc) is 1.60. The number of fused-ring (bicyclic) bond motifs is 2. The first-order valence-electron chi connectivity index (χ1n) is 40.7. The summed E-state index contributed by atoms with van der Waals surface area (Å²) in [4.78, 5) is 130. The van der Waals surface area contributed by atoms with E-state index in [0.717, 1.165) is 54.4 Å². The second-order valence-corrected chi connectivity index (χ2v) is 33.3. The van der Waals surface area contributed by atoms with Crippen LogP contribution in [0.1, 0.15) is 173 Å². The van der Waals surface area contributed by atoms with Crippen LogP contribution in [-0.4, -0.2) is 201 Å². The monoisotopic (exact) mass is 1900 g/mol. The van der Waals surface area contributed by atoms with Gasteiger partial charge in [0.05, 0.1) is 51.4 Å². The molecular weight excluding hydrogens is 1800 g/mol. The van der Waals surface area contributed by atoms with E-state index in [-0.39, 0.29) is 153 Å². The second-order valence-electron chi connectivity index (χ2n) is 31.8. The molecule has 5 heterocycles. The van der Waals surface area contributed by atoms with Crippen molar-refractivity contribution in [2.75, 3.05) is 50.2 Å². The number of halogens is 1. The quantitative estimate of drug-likeness (QED) is 0.00963. The number of aromatic nitrogens is 4. The number of methoxy groups -OCH3 is 2. The van der Waals surface area contributed by atoms with Crippen LogP contribution in [0, 0.1) is 13.8 Å². The number of carbonyl (C=O) groups is 8. The second kappa shape index (κ2) is 54.9. The van der Waals surface area contributed by atoms with Gasteiger partial charge in [-0.3, -0.25) is 38.6 Å². The van der Waals surface area contributed by atoms with Crippen LogP contribution >= 0.6 is 24.2 Å². The van der Waals surface area contributed by atoms with E-state index in [2.05, 4.69) is 51.2 Å². The van der Waals surface area contributed by atoms with Gasteiger partial charge in [-0.15, -0.1) is 0 Å². The number of hydrogen-bond donors (Lipinski definition) is 2. The van der Waals surface area contributed by atoms with Gasteiger partial charge in [-0.1, -0.05) is 126 Å². The fourth-order valence-corrected chi connectivity index (χ4v) is 12.7. The number of carbonyl (C=O) groups excluding carboxylic acids is 8. The Kier molecular flexibility index (Phi) is 47.9. The number of oxazole rings is 2. The third-order valence-electron chi connectivity index (χ3n) is 19.4. The number of Topliss-reactive ketones (excluding diaryl/α,β-unsaturated/α-hetero) is 2. The molecule has 0 radical (unpaired) electrons. The summed E-state index contributed by atoms with van der Waals surface area (Å²) in [6.45, 7) is 23.5. The Balaban J connectivity index is 0.000000341. The fraction of sp³-hybridized carbons (Fsp3) is 0.385.